The van der Waals surface area contributed by atoms with Crippen molar-refractivity contribution in [1.82, 2.24) is 10.9 Å². The molecule has 1 atom stereocenters. The summed E-state index contributed by atoms with van der Waals surface area (Å²) in [5, 5.41) is 5.18. The normalized spacial score (nSPS) is 13.4. The van der Waals surface area contributed by atoms with Gasteiger partial charge in [0.15, 0.2) is 6.29 Å². The zero-order chi connectivity index (χ0) is 39.9. The maximum absolute atomic E-state index is 13.1. The predicted molar refractivity (Wildman–Crippen MR) is 208 cm³/mol. The number of nitrogens with two attached hydrogens (primary N) is 2. The highest BCUT2D eigenvalue weighted by molar-refractivity contribution is 7.99. The van der Waals surface area contributed by atoms with Crippen LogP contribution >= 0.6 is 11.8 Å². The maximum Gasteiger partial charge on any atom is 0.499 e. The number of nitrogens with zero attached hydrogens (tertiary/aromatic N) is 1. The number of alkyl halides is 5. The molecular weight excluding hydrogens is 716 g/mol. The lowest BCUT2D eigenvalue weighted by Gasteiger charge is -2.31. The van der Waals surface area contributed by atoms with Gasteiger partial charge in [-0.05, 0) is 79.6 Å². The van der Waals surface area contributed by atoms with E-state index in [9.17, 15) is 22.0 Å². The van der Waals surface area contributed by atoms with Crippen LogP contribution in [0.4, 0.5) is 33.3 Å². The van der Waals surface area contributed by atoms with Crippen LogP contribution in [0.1, 0.15) is 69.7 Å². The maximum atomic E-state index is 13.1. The molecule has 3 aromatic carbocycles. The molecule has 1 fully saturated rings. The van der Waals surface area contributed by atoms with Crippen molar-refractivity contribution in [1.29, 1.82) is 0 Å². The van der Waals surface area contributed by atoms with Crippen molar-refractivity contribution in [2.45, 2.75) is 78.5 Å². The van der Waals surface area contributed by atoms with Gasteiger partial charge in [-0.15, -0.1) is 11.8 Å². The summed E-state index contributed by atoms with van der Waals surface area (Å²) in [6, 6.07) is 21.2. The first-order valence-electron chi connectivity index (χ1n) is 17.5. The molecule has 1 aliphatic rings. The molecule has 298 valence electrons. The molecule has 1 heterocycles. The number of hydrogen-bond acceptors (Lipinski definition) is 10. The van der Waals surface area contributed by atoms with Gasteiger partial charge in [0.2, 0.25) is 0 Å². The Balaban J connectivity index is 0.000000538. The summed E-state index contributed by atoms with van der Waals surface area (Å²) in [5.41, 5.74) is 15.9. The molecular formula is C38H57F5N6O3S. The van der Waals surface area contributed by atoms with E-state index in [1.807, 2.05) is 63.7 Å². The van der Waals surface area contributed by atoms with Gasteiger partial charge in [0.05, 0.1) is 31.3 Å². The van der Waals surface area contributed by atoms with Crippen LogP contribution in [0.15, 0.2) is 85.6 Å². The minimum atomic E-state index is -5.81. The summed E-state index contributed by atoms with van der Waals surface area (Å²) in [5.74, 6) is 7.25. The number of hydrazine groups is 2. The van der Waals surface area contributed by atoms with E-state index in [1.165, 1.54) is 29.6 Å². The molecule has 0 aliphatic carbocycles. The first-order valence-corrected chi connectivity index (χ1v) is 18.6. The average molecular weight is 773 g/mol. The van der Waals surface area contributed by atoms with Crippen LogP contribution in [0.2, 0.25) is 0 Å². The number of thioether (sulfide) groups is 1. The molecule has 7 N–H and O–H groups in total. The van der Waals surface area contributed by atoms with E-state index in [0.717, 1.165) is 47.9 Å². The number of rotatable bonds is 16. The number of anilines is 2. The number of nitrogens with one attached hydrogen (secondary N) is 3. The standard InChI is InChI=1S/C21H23F5N2O3.C13H23N3S.C2H5N.C2H6/c1-14-3-5-16(6-4-14)15(2)27-28(13-19-29-11-12-30-19)17-7-9-18(10-8-17)31-21(25,26)20(22,23)24;1-11(2)12-6-3-4-7-13(12)15-10-17-9-5-8-16-14;1-2-3;1-2/h3-10,15,19,27H,11-13H2,1-2H3;3-4,6-7,11,15-16H,5,8-10,14H2,1-2H3;2H,1,3H2;1-2H3. The molecule has 4 rings (SSSR count). The second kappa shape index (κ2) is 25.4. The second-order valence-corrected chi connectivity index (χ2v) is 12.8. The Morgan fingerprint density at radius 1 is 0.962 bits per heavy atom. The molecule has 1 saturated heterocycles. The third kappa shape index (κ3) is 17.9. The second-order valence-electron chi connectivity index (χ2n) is 11.7. The Hall–Kier alpha value is -3.60. The lowest BCUT2D eigenvalue weighted by atomic mass is 10.0. The van der Waals surface area contributed by atoms with E-state index in [1.54, 1.807) is 5.01 Å². The van der Waals surface area contributed by atoms with Gasteiger partial charge in [-0.3, -0.25) is 11.3 Å². The fourth-order valence-electron chi connectivity index (χ4n) is 4.60. The first-order chi connectivity index (χ1) is 25.2. The Bertz CT molecular complexity index is 1400. The van der Waals surface area contributed by atoms with E-state index in [4.69, 9.17) is 15.3 Å². The van der Waals surface area contributed by atoms with E-state index in [-0.39, 0.29) is 12.6 Å². The Morgan fingerprint density at radius 2 is 1.55 bits per heavy atom. The largest absolute Gasteiger partial charge is 0.499 e. The summed E-state index contributed by atoms with van der Waals surface area (Å²) in [6.45, 7) is 17.6. The van der Waals surface area contributed by atoms with Gasteiger partial charge in [-0.25, -0.2) is 5.43 Å². The molecule has 3 aromatic rings. The molecule has 9 nitrogen and oxygen atoms in total. The Morgan fingerprint density at radius 3 is 2.09 bits per heavy atom. The monoisotopic (exact) mass is 772 g/mol. The van der Waals surface area contributed by atoms with E-state index < -0.39 is 24.3 Å². The van der Waals surface area contributed by atoms with Crippen LogP contribution in [-0.2, 0) is 9.47 Å². The predicted octanol–water partition coefficient (Wildman–Crippen LogP) is 8.85. The molecule has 0 bridgehead atoms. The Labute approximate surface area is 315 Å². The van der Waals surface area contributed by atoms with Crippen LogP contribution in [0.5, 0.6) is 5.75 Å². The highest BCUT2D eigenvalue weighted by atomic mass is 32.2. The van der Waals surface area contributed by atoms with Crippen LogP contribution in [-0.4, -0.2) is 56.5 Å². The smallest absolute Gasteiger partial charge is 0.426 e. The molecule has 0 aromatic heterocycles. The summed E-state index contributed by atoms with van der Waals surface area (Å²) < 4.78 is 78.2. The van der Waals surface area contributed by atoms with Crippen LogP contribution in [0, 0.1) is 6.92 Å². The van der Waals surface area contributed by atoms with Gasteiger partial charge in [-0.2, -0.15) is 22.0 Å². The van der Waals surface area contributed by atoms with Gasteiger partial charge in [0, 0.05) is 18.3 Å². The zero-order valence-corrected chi connectivity index (χ0v) is 32.3. The van der Waals surface area contributed by atoms with Gasteiger partial charge < -0.3 is 30.3 Å². The molecule has 0 radical (unpaired) electrons. The number of aryl methyl sites for hydroxylation is 1. The van der Waals surface area contributed by atoms with Gasteiger partial charge in [0.1, 0.15) is 5.75 Å². The van der Waals surface area contributed by atoms with E-state index in [0.29, 0.717) is 24.8 Å². The van der Waals surface area contributed by atoms with E-state index in [2.05, 4.69) is 71.3 Å². The quantitative estimate of drug-likeness (QED) is 0.0318. The molecule has 0 amide bonds. The van der Waals surface area contributed by atoms with E-state index >= 15 is 0 Å². The average Bonchev–Trinajstić information content (AvgIpc) is 3.64. The fourth-order valence-corrected chi connectivity index (χ4v) is 5.35. The number of halogens is 5. The van der Waals surface area contributed by atoms with Crippen molar-refractivity contribution >= 4 is 23.1 Å². The lowest BCUT2D eigenvalue weighted by molar-refractivity contribution is -0.360. The van der Waals surface area contributed by atoms with Crippen molar-refractivity contribution in [3.05, 3.63) is 102 Å². The zero-order valence-electron chi connectivity index (χ0n) is 31.5. The summed E-state index contributed by atoms with van der Waals surface area (Å²) in [6.07, 6.45) is -9.24. The van der Waals surface area contributed by atoms with Crippen molar-refractivity contribution < 1.29 is 36.2 Å². The number of benzene rings is 3. The van der Waals surface area contributed by atoms with Gasteiger partial charge in [0.25, 0.3) is 0 Å². The molecule has 0 saturated carbocycles. The molecule has 15 heteroatoms. The summed E-state index contributed by atoms with van der Waals surface area (Å²) >= 11 is 1.90. The van der Waals surface area contributed by atoms with Crippen molar-refractivity contribution in [2.75, 3.05) is 48.3 Å². The highest BCUT2D eigenvalue weighted by Crippen LogP contribution is 2.37. The molecule has 1 aliphatic heterocycles. The molecule has 53 heavy (non-hydrogen) atoms. The third-order valence-corrected chi connectivity index (χ3v) is 8.16. The van der Waals surface area contributed by atoms with Gasteiger partial charge >= 0.3 is 12.3 Å². The summed E-state index contributed by atoms with van der Waals surface area (Å²) in [7, 11) is 0. The van der Waals surface area contributed by atoms with Crippen LogP contribution in [0.25, 0.3) is 0 Å². The fraction of sp³-hybridized carbons (Fsp3) is 0.474. The highest BCUT2D eigenvalue weighted by Gasteiger charge is 2.61. The van der Waals surface area contributed by atoms with Crippen molar-refractivity contribution in [3.63, 3.8) is 0 Å². The molecule has 0 spiro atoms. The van der Waals surface area contributed by atoms with Crippen molar-refractivity contribution in [2.24, 2.45) is 11.6 Å². The molecule has 1 unspecified atom stereocenters. The van der Waals surface area contributed by atoms with Crippen molar-refractivity contribution in [3.8, 4) is 5.75 Å². The topological polar surface area (TPSA) is 119 Å². The minimum Gasteiger partial charge on any atom is -0.426 e. The first kappa shape index (κ1) is 47.4. The number of ether oxygens (including phenoxy) is 3. The minimum absolute atomic E-state index is 0.132. The summed E-state index contributed by atoms with van der Waals surface area (Å²) in [4.78, 5) is 0. The lowest BCUT2D eigenvalue weighted by Crippen LogP contribution is -2.44. The van der Waals surface area contributed by atoms with Crippen LogP contribution in [0.3, 0.4) is 0 Å². The van der Waals surface area contributed by atoms with Crippen LogP contribution < -0.4 is 37.5 Å². The Kier molecular flexibility index (Phi) is 22.7. The SMILES string of the molecule is C=CN.CC.CC(C)c1ccccc1NCSCCCNN.Cc1ccc(C(C)NN(CC2OCCO2)c2ccc(OC(F)(F)C(F)(F)F)cc2)cc1. The number of para-hydroxylation sites is 1. The number of hydrogen-bond donors (Lipinski definition) is 5. The van der Waals surface area contributed by atoms with Gasteiger partial charge in [-0.1, -0.05) is 82.3 Å². The third-order valence-electron chi connectivity index (χ3n) is 7.23.